The first kappa shape index (κ1) is 44.7. The lowest BCUT2D eigenvalue weighted by molar-refractivity contribution is -0.383. The van der Waals surface area contributed by atoms with Crippen LogP contribution in [0.2, 0.25) is 0 Å². The number of hydrogen-bond acceptors (Lipinski definition) is 14. The molecule has 4 saturated carbocycles. The Morgan fingerprint density at radius 2 is 1.38 bits per heavy atom. The van der Waals surface area contributed by atoms with E-state index in [1.54, 1.807) is 0 Å². The average Bonchev–Trinajstić information content (AvgIpc) is 3.51. The van der Waals surface area contributed by atoms with Gasteiger partial charge in [0, 0.05) is 0 Å². The van der Waals surface area contributed by atoms with Gasteiger partial charge in [-0.25, -0.2) is 0 Å². The van der Waals surface area contributed by atoms with Gasteiger partial charge in [0.15, 0.2) is 12.6 Å². The number of hydrogen-bond donors (Lipinski definition) is 10. The summed E-state index contributed by atoms with van der Waals surface area (Å²) >= 11 is 0. The van der Waals surface area contributed by atoms with Crippen LogP contribution >= 0.6 is 0 Å². The van der Waals surface area contributed by atoms with E-state index in [4.69, 9.17) is 18.9 Å². The Labute approximate surface area is 331 Å². The number of fused-ring (bicyclic) bond motifs is 5. The van der Waals surface area contributed by atoms with E-state index in [1.807, 2.05) is 34.6 Å². The van der Waals surface area contributed by atoms with E-state index < -0.39 is 120 Å². The number of aliphatic hydroxyl groups is 10. The molecule has 14 heteroatoms. The molecule has 2 aliphatic heterocycles. The average molecular weight is 801 g/mol. The van der Waals surface area contributed by atoms with Crippen molar-refractivity contribution in [2.24, 2.45) is 45.3 Å². The largest absolute Gasteiger partial charge is 0.394 e. The summed E-state index contributed by atoms with van der Waals surface area (Å²) in [4.78, 5) is 0. The van der Waals surface area contributed by atoms with E-state index in [1.165, 1.54) is 5.57 Å². The molecule has 6 fully saturated rings. The molecule has 0 unspecified atom stereocenters. The van der Waals surface area contributed by atoms with E-state index >= 15 is 0 Å². The predicted molar refractivity (Wildman–Crippen MR) is 202 cm³/mol. The highest BCUT2D eigenvalue weighted by molar-refractivity contribution is 5.22. The third-order valence-corrected chi connectivity index (χ3v) is 16.5. The molecule has 0 radical (unpaired) electrons. The van der Waals surface area contributed by atoms with E-state index in [9.17, 15) is 51.1 Å². The zero-order chi connectivity index (χ0) is 41.5. The van der Waals surface area contributed by atoms with Gasteiger partial charge in [-0.05, 0) is 117 Å². The van der Waals surface area contributed by atoms with Crippen LogP contribution in [0.5, 0.6) is 0 Å². The molecule has 0 bridgehead atoms. The van der Waals surface area contributed by atoms with Crippen LogP contribution in [0.15, 0.2) is 11.6 Å². The molecule has 0 amide bonds. The maximum Gasteiger partial charge on any atom is 0.187 e. The van der Waals surface area contributed by atoms with Gasteiger partial charge in [0.05, 0.1) is 37.1 Å². The van der Waals surface area contributed by atoms with Gasteiger partial charge in [0.1, 0.15) is 48.8 Å². The van der Waals surface area contributed by atoms with Crippen LogP contribution in [0.4, 0.5) is 0 Å². The highest BCUT2D eigenvalue weighted by Gasteiger charge is 2.73. The van der Waals surface area contributed by atoms with Gasteiger partial charge < -0.3 is 70.0 Å². The van der Waals surface area contributed by atoms with Gasteiger partial charge in [-0.1, -0.05) is 46.3 Å². The minimum atomic E-state index is -1.81. The van der Waals surface area contributed by atoms with Gasteiger partial charge in [-0.15, -0.1) is 0 Å². The smallest absolute Gasteiger partial charge is 0.187 e. The maximum absolute atomic E-state index is 12.3. The van der Waals surface area contributed by atoms with Gasteiger partial charge in [-0.3, -0.25) is 0 Å². The molecule has 324 valence electrons. The van der Waals surface area contributed by atoms with Crippen LogP contribution in [0, 0.1) is 45.3 Å². The Morgan fingerprint density at radius 1 is 0.768 bits per heavy atom. The third-order valence-electron chi connectivity index (χ3n) is 16.5. The van der Waals surface area contributed by atoms with Crippen LogP contribution in [0.3, 0.4) is 0 Å². The van der Waals surface area contributed by atoms with Gasteiger partial charge in [0.25, 0.3) is 0 Å². The van der Waals surface area contributed by atoms with Crippen molar-refractivity contribution in [3.8, 4) is 0 Å². The SMILES string of the molecule is CC(C)=CCC[C@@](C)(O)[C@@H]1CC[C@@]2(C)[C@H]1[C@@H](O)C[C@H]1[C@]3(C)CC[C@@H](O)C(C)(C)[C@H]3[C@H](O[C@H]3O[C@@H](CO)[C@H](O)[C@@H](O)[C@@H]3O[C@H]3O[C@@H](CO)[C@H](O)[C@@H](O)[C@@H]3O)C[C@@]12C. The quantitative estimate of drug-likeness (QED) is 0.110. The van der Waals surface area contributed by atoms with Crippen molar-refractivity contribution in [1.29, 1.82) is 0 Å². The van der Waals surface area contributed by atoms with Crippen LogP contribution in [-0.2, 0) is 18.9 Å². The molecular weight excluding hydrogens is 728 g/mol. The summed E-state index contributed by atoms with van der Waals surface area (Å²) < 4.78 is 24.9. The standard InChI is InChI=1S/C42H72O14/c1-20(2)10-9-13-42(8,52)21-11-15-40(6)28(21)22(45)16-26-39(5)14-12-27(46)38(3,4)35(39)23(17-41(26,40)7)53-37-34(32(50)30(48)25(19-44)55-37)56-36-33(51)31(49)29(47)24(18-43)54-36/h10,21-37,43-52H,9,11-19H2,1-8H3/t21-,22+,23-,24+,25+,26+,27-,28-,29+,30+,31-,32-,33+,34+,35-,36-,37+,39+,40+,41+,42-/m1/s1. The van der Waals surface area contributed by atoms with Crippen LogP contribution in [-0.4, -0.2) is 150 Å². The molecule has 0 spiro atoms. The number of ether oxygens (including phenoxy) is 4. The third kappa shape index (κ3) is 7.16. The van der Waals surface area contributed by atoms with E-state index in [0.29, 0.717) is 32.1 Å². The predicted octanol–water partition coefficient (Wildman–Crippen LogP) is 1.12. The van der Waals surface area contributed by atoms with Crippen molar-refractivity contribution in [1.82, 2.24) is 0 Å². The monoisotopic (exact) mass is 800 g/mol. The van der Waals surface area contributed by atoms with Crippen molar-refractivity contribution in [2.75, 3.05) is 13.2 Å². The Hall–Kier alpha value is -0.820. The fourth-order valence-electron chi connectivity index (χ4n) is 13.4. The lowest BCUT2D eigenvalue weighted by Crippen LogP contribution is -2.71. The maximum atomic E-state index is 12.3. The van der Waals surface area contributed by atoms with Crippen molar-refractivity contribution < 1.29 is 70.0 Å². The van der Waals surface area contributed by atoms with E-state index in [0.717, 1.165) is 19.3 Å². The number of allylic oxidation sites excluding steroid dienone is 2. The van der Waals surface area contributed by atoms with Crippen LogP contribution in [0.1, 0.15) is 107 Å². The van der Waals surface area contributed by atoms with Crippen LogP contribution in [0.25, 0.3) is 0 Å². The molecule has 14 nitrogen and oxygen atoms in total. The Balaban J connectivity index is 1.38. The topological polar surface area (TPSA) is 239 Å². The molecule has 10 N–H and O–H groups in total. The summed E-state index contributed by atoms with van der Waals surface area (Å²) in [6.07, 6.45) is -10.6. The first-order valence-corrected chi connectivity index (χ1v) is 21.0. The van der Waals surface area contributed by atoms with Crippen molar-refractivity contribution in [3.63, 3.8) is 0 Å². The van der Waals surface area contributed by atoms with E-state index in [-0.39, 0.29) is 23.7 Å². The molecule has 4 aliphatic carbocycles. The molecule has 2 saturated heterocycles. The zero-order valence-electron chi connectivity index (χ0n) is 34.6. The number of rotatable bonds is 10. The zero-order valence-corrected chi connectivity index (χ0v) is 34.6. The van der Waals surface area contributed by atoms with Crippen molar-refractivity contribution in [2.45, 2.75) is 192 Å². The van der Waals surface area contributed by atoms with Crippen LogP contribution < -0.4 is 0 Å². The second-order valence-electron chi connectivity index (χ2n) is 20.3. The highest BCUT2D eigenvalue weighted by atomic mass is 16.8. The lowest BCUT2D eigenvalue weighted by Gasteiger charge is -2.72. The lowest BCUT2D eigenvalue weighted by atomic mass is 9.34. The molecule has 2 heterocycles. The minimum absolute atomic E-state index is 0.0169. The fraction of sp³-hybridized carbons (Fsp3) is 0.952. The Morgan fingerprint density at radius 3 is 1.98 bits per heavy atom. The molecule has 21 atom stereocenters. The first-order valence-electron chi connectivity index (χ1n) is 21.0. The fourth-order valence-corrected chi connectivity index (χ4v) is 13.4. The molecule has 0 aromatic carbocycles. The summed E-state index contributed by atoms with van der Waals surface area (Å²) in [6.45, 7) is 15.5. The molecule has 6 rings (SSSR count). The number of aliphatic hydroxyl groups excluding tert-OH is 9. The molecule has 0 aromatic heterocycles. The Bertz CT molecular complexity index is 1400. The van der Waals surface area contributed by atoms with Crippen molar-refractivity contribution >= 4 is 0 Å². The highest BCUT2D eigenvalue weighted by Crippen LogP contribution is 2.76. The second-order valence-corrected chi connectivity index (χ2v) is 20.3. The summed E-state index contributed by atoms with van der Waals surface area (Å²) in [5.41, 5.74) is -1.85. The van der Waals surface area contributed by atoms with Crippen molar-refractivity contribution in [3.05, 3.63) is 11.6 Å². The summed E-state index contributed by atoms with van der Waals surface area (Å²) in [5, 5.41) is 110. The molecule has 0 aromatic rings. The Kier molecular flexibility index (Phi) is 12.7. The first-order chi connectivity index (χ1) is 26.0. The summed E-state index contributed by atoms with van der Waals surface area (Å²) in [7, 11) is 0. The second kappa shape index (κ2) is 15.9. The minimum Gasteiger partial charge on any atom is -0.394 e. The van der Waals surface area contributed by atoms with E-state index in [2.05, 4.69) is 26.8 Å². The van der Waals surface area contributed by atoms with Gasteiger partial charge >= 0.3 is 0 Å². The molecular formula is C42H72O14. The summed E-state index contributed by atoms with van der Waals surface area (Å²) in [6, 6.07) is 0. The van der Waals surface area contributed by atoms with Gasteiger partial charge in [-0.2, -0.15) is 0 Å². The normalized spacial score (nSPS) is 52.6. The molecule has 6 aliphatic rings. The summed E-state index contributed by atoms with van der Waals surface area (Å²) in [5.74, 6) is -0.623. The molecule has 56 heavy (non-hydrogen) atoms. The van der Waals surface area contributed by atoms with Gasteiger partial charge in [0.2, 0.25) is 0 Å².